The maximum atomic E-state index is 14.2. The monoisotopic (exact) mass is 575 g/mol. The topological polar surface area (TPSA) is 175 Å². The van der Waals surface area contributed by atoms with Crippen LogP contribution in [0.3, 0.4) is 0 Å². The van der Waals surface area contributed by atoms with Crippen LogP contribution in [-0.2, 0) is 25.6 Å². The van der Waals surface area contributed by atoms with E-state index in [0.717, 1.165) is 0 Å². The number of phenols is 1. The lowest BCUT2D eigenvalue weighted by Crippen LogP contribution is -2.74. The Hall–Kier alpha value is -4.22. The van der Waals surface area contributed by atoms with Gasteiger partial charge in [-0.25, -0.2) is 0 Å². The average molecular weight is 576 g/mol. The summed E-state index contributed by atoms with van der Waals surface area (Å²) < 4.78 is 0. The number of hydrogen-bond donors (Lipinski definition) is 3. The zero-order chi connectivity index (χ0) is 31.0. The quantitative estimate of drug-likeness (QED) is 0.342. The lowest BCUT2D eigenvalue weighted by molar-refractivity contribution is -0.181. The molecule has 220 valence electrons. The predicted octanol–water partition coefficient (Wildman–Crippen LogP) is 0.803. The molecule has 0 heterocycles. The van der Waals surface area contributed by atoms with Crippen LogP contribution in [0.25, 0.3) is 11.1 Å². The number of hydrogen-bond acceptors (Lipinski definition) is 10. The Morgan fingerprint density at radius 1 is 1.00 bits per heavy atom. The number of ketones is 5. The first kappa shape index (κ1) is 29.3. The minimum absolute atomic E-state index is 0.0220. The Labute approximate surface area is 242 Å². The third-order valence-corrected chi connectivity index (χ3v) is 9.12. The summed E-state index contributed by atoms with van der Waals surface area (Å²) in [4.78, 5) is 82.1. The number of likely N-dealkylation sites (N-methyl/N-ethyl adjacent to an activating group) is 1. The van der Waals surface area contributed by atoms with Crippen LogP contribution in [0.15, 0.2) is 30.3 Å². The number of amides is 1. The molecule has 42 heavy (non-hydrogen) atoms. The second-order valence-corrected chi connectivity index (χ2v) is 12.0. The number of fused-ring (bicyclic) bond motifs is 3. The number of carbonyl (C=O) groups is 6. The van der Waals surface area contributed by atoms with Crippen molar-refractivity contribution >= 4 is 40.5 Å². The number of nitrogens with zero attached hydrogens (tertiary/aromatic N) is 2. The van der Waals surface area contributed by atoms with Crippen LogP contribution >= 0.6 is 0 Å². The van der Waals surface area contributed by atoms with E-state index in [1.54, 1.807) is 63.4 Å². The van der Waals surface area contributed by atoms with Crippen molar-refractivity contribution in [1.82, 2.24) is 4.90 Å². The van der Waals surface area contributed by atoms with E-state index in [-0.39, 0.29) is 29.9 Å². The Morgan fingerprint density at radius 2 is 1.62 bits per heavy atom. The van der Waals surface area contributed by atoms with Gasteiger partial charge in [0.25, 0.3) is 0 Å². The number of nitrogens with two attached hydrogens (primary N) is 1. The summed E-state index contributed by atoms with van der Waals surface area (Å²) in [7, 11) is 6.64. The summed E-state index contributed by atoms with van der Waals surface area (Å²) in [6, 6.07) is 7.09. The van der Waals surface area contributed by atoms with Crippen LogP contribution in [0, 0.1) is 23.7 Å². The molecule has 0 radical (unpaired) electrons. The van der Waals surface area contributed by atoms with E-state index in [1.807, 2.05) is 0 Å². The Balaban J connectivity index is 1.67. The van der Waals surface area contributed by atoms with Gasteiger partial charge in [0, 0.05) is 36.8 Å². The first-order valence-corrected chi connectivity index (χ1v) is 13.6. The van der Waals surface area contributed by atoms with Gasteiger partial charge in [0.2, 0.25) is 5.91 Å². The number of rotatable bonds is 5. The molecule has 0 spiro atoms. The first-order valence-electron chi connectivity index (χ1n) is 13.6. The van der Waals surface area contributed by atoms with Crippen molar-refractivity contribution in [2.75, 3.05) is 33.1 Å². The van der Waals surface area contributed by atoms with E-state index in [4.69, 9.17) is 5.73 Å². The number of aromatic hydroxyl groups is 1. The molecule has 1 amide bonds. The standard InChI is InChI=1S/C31H33N3O8/c1-13(35)14-6-8-15(9-7-14)17-12-20(33(2)3)18-10-16-11-19-24(34(4)5)27(38)23(30(32)41)29(40)31(19,42)28(39)21(16)26(37)22(18)25(17)36/h6-9,12,16,19,21,23-24,36,42H,10-11H2,1-5H3,(H2,32,41). The molecule has 4 N–H and O–H groups in total. The minimum Gasteiger partial charge on any atom is -0.507 e. The van der Waals surface area contributed by atoms with Crippen LogP contribution in [0.4, 0.5) is 5.69 Å². The van der Waals surface area contributed by atoms with Gasteiger partial charge in [0.1, 0.15) is 5.75 Å². The summed E-state index contributed by atoms with van der Waals surface area (Å²) in [5.41, 5.74) is 4.96. The highest BCUT2D eigenvalue weighted by molar-refractivity contribution is 6.32. The second kappa shape index (κ2) is 9.95. The van der Waals surface area contributed by atoms with Crippen LogP contribution in [0.5, 0.6) is 5.75 Å². The molecule has 0 saturated heterocycles. The number of carbonyl (C=O) groups excluding carboxylic acids is 6. The molecule has 11 nitrogen and oxygen atoms in total. The number of primary amides is 1. The van der Waals surface area contributed by atoms with Gasteiger partial charge in [-0.1, -0.05) is 24.3 Å². The zero-order valence-electron chi connectivity index (χ0n) is 24.0. The van der Waals surface area contributed by atoms with Crippen LogP contribution in [0.1, 0.15) is 39.6 Å². The number of anilines is 1. The van der Waals surface area contributed by atoms with E-state index < -0.39 is 64.4 Å². The molecule has 3 aliphatic carbocycles. The highest BCUT2D eigenvalue weighted by atomic mass is 16.3. The predicted molar refractivity (Wildman–Crippen MR) is 151 cm³/mol. The third-order valence-electron chi connectivity index (χ3n) is 9.12. The van der Waals surface area contributed by atoms with Crippen molar-refractivity contribution in [3.05, 3.63) is 47.0 Å². The van der Waals surface area contributed by atoms with Gasteiger partial charge < -0.3 is 20.8 Å². The van der Waals surface area contributed by atoms with Gasteiger partial charge >= 0.3 is 0 Å². The largest absolute Gasteiger partial charge is 0.507 e. The van der Waals surface area contributed by atoms with E-state index in [2.05, 4.69) is 0 Å². The van der Waals surface area contributed by atoms with Gasteiger partial charge in [-0.3, -0.25) is 33.7 Å². The minimum atomic E-state index is -2.78. The summed E-state index contributed by atoms with van der Waals surface area (Å²) in [5.74, 6) is -11.1. The summed E-state index contributed by atoms with van der Waals surface area (Å²) in [6.45, 7) is 1.43. The van der Waals surface area contributed by atoms with E-state index in [9.17, 15) is 39.0 Å². The van der Waals surface area contributed by atoms with Gasteiger partial charge in [0.05, 0.1) is 17.5 Å². The van der Waals surface area contributed by atoms with Crippen LogP contribution < -0.4 is 10.6 Å². The summed E-state index contributed by atoms with van der Waals surface area (Å²) in [6.07, 6.45) is 0.141. The average Bonchev–Trinajstić information content (AvgIpc) is 2.90. The fourth-order valence-electron chi connectivity index (χ4n) is 7.16. The van der Waals surface area contributed by atoms with Crippen molar-refractivity contribution in [3.8, 4) is 16.9 Å². The van der Waals surface area contributed by atoms with Crippen LogP contribution in [-0.4, -0.2) is 89.8 Å². The van der Waals surface area contributed by atoms with Gasteiger partial charge in [0.15, 0.2) is 40.4 Å². The lowest BCUT2D eigenvalue weighted by atomic mass is 9.52. The number of aliphatic hydroxyl groups is 1. The molecule has 2 aromatic carbocycles. The summed E-state index contributed by atoms with van der Waals surface area (Å²) in [5, 5.41) is 23.2. The first-order chi connectivity index (χ1) is 19.6. The van der Waals surface area contributed by atoms with Crippen molar-refractivity contribution < 1.29 is 39.0 Å². The highest BCUT2D eigenvalue weighted by Gasteiger charge is 2.69. The fourth-order valence-corrected chi connectivity index (χ4v) is 7.16. The molecule has 2 fully saturated rings. The highest BCUT2D eigenvalue weighted by Crippen LogP contribution is 2.53. The molecule has 11 heteroatoms. The third kappa shape index (κ3) is 4.02. The second-order valence-electron chi connectivity index (χ2n) is 12.0. The number of Topliss-reactive ketones (excluding diaryl/α,β-unsaturated/α-hetero) is 5. The molecule has 6 atom stereocenters. The lowest BCUT2D eigenvalue weighted by Gasteiger charge is -2.52. The Morgan fingerprint density at radius 3 is 2.14 bits per heavy atom. The van der Waals surface area contributed by atoms with Crippen molar-refractivity contribution in [3.63, 3.8) is 0 Å². The molecule has 5 rings (SSSR count). The number of phenolic OH excluding ortho intramolecular Hbond substituents is 1. The van der Waals surface area contributed by atoms with Crippen molar-refractivity contribution in [1.29, 1.82) is 0 Å². The number of benzene rings is 2. The molecule has 0 aromatic heterocycles. The molecule has 2 saturated carbocycles. The van der Waals surface area contributed by atoms with E-state index >= 15 is 0 Å². The molecular weight excluding hydrogens is 542 g/mol. The normalized spacial score (nSPS) is 28.7. The maximum Gasteiger partial charge on any atom is 0.235 e. The maximum absolute atomic E-state index is 14.2. The van der Waals surface area contributed by atoms with Crippen molar-refractivity contribution in [2.45, 2.75) is 31.4 Å². The molecule has 3 aliphatic rings. The zero-order valence-corrected chi connectivity index (χ0v) is 24.0. The van der Waals surface area contributed by atoms with Crippen LogP contribution in [0.2, 0.25) is 0 Å². The smallest absolute Gasteiger partial charge is 0.235 e. The van der Waals surface area contributed by atoms with Gasteiger partial charge in [-0.05, 0) is 57.0 Å². The van der Waals surface area contributed by atoms with E-state index in [1.165, 1.54) is 11.8 Å². The summed E-state index contributed by atoms with van der Waals surface area (Å²) >= 11 is 0. The Bertz CT molecular complexity index is 1580. The van der Waals surface area contributed by atoms with Crippen molar-refractivity contribution in [2.24, 2.45) is 29.4 Å². The Kier molecular flexibility index (Phi) is 6.94. The molecule has 0 bridgehead atoms. The molecule has 6 unspecified atom stereocenters. The SMILES string of the molecule is CC(=O)c1ccc(-c2cc(N(C)C)c3c(c2O)C(=O)C2C(=O)C4(O)C(=O)C(C(N)=O)C(=O)C(N(C)C)C4CC2C3)cc1. The molecular formula is C31H33N3O8. The molecule has 0 aliphatic heterocycles. The fraction of sp³-hybridized carbons (Fsp3) is 0.419. The van der Waals surface area contributed by atoms with Gasteiger partial charge in [-0.2, -0.15) is 0 Å². The molecule has 2 aromatic rings. The van der Waals surface area contributed by atoms with E-state index in [0.29, 0.717) is 27.9 Å². The van der Waals surface area contributed by atoms with Gasteiger partial charge in [-0.15, -0.1) is 0 Å².